The summed E-state index contributed by atoms with van der Waals surface area (Å²) in [5.41, 5.74) is 0.0340. The van der Waals surface area contributed by atoms with Gasteiger partial charge < -0.3 is 15.0 Å². The fourth-order valence-electron chi connectivity index (χ4n) is 3.57. The van der Waals surface area contributed by atoms with Crippen molar-refractivity contribution in [3.8, 4) is 0 Å². The first-order valence-corrected chi connectivity index (χ1v) is 7.64. The number of rotatable bonds is 4. The Kier molecular flexibility index (Phi) is 4.85. The van der Waals surface area contributed by atoms with Gasteiger partial charge in [0.2, 0.25) is 5.91 Å². The van der Waals surface area contributed by atoms with Gasteiger partial charge in [-0.25, -0.2) is 0 Å². The zero-order valence-electron chi connectivity index (χ0n) is 12.6. The van der Waals surface area contributed by atoms with Gasteiger partial charge in [0, 0.05) is 25.6 Å². The van der Waals surface area contributed by atoms with Crippen molar-refractivity contribution in [1.82, 2.24) is 10.2 Å². The maximum Gasteiger partial charge on any atom is 0.224 e. The number of nitrogens with one attached hydrogen (secondary N) is 1. The van der Waals surface area contributed by atoms with Gasteiger partial charge in [0.15, 0.2) is 0 Å². The zero-order chi connectivity index (χ0) is 13.9. The summed E-state index contributed by atoms with van der Waals surface area (Å²) >= 11 is 0. The highest BCUT2D eigenvalue weighted by molar-refractivity contribution is 5.77. The van der Waals surface area contributed by atoms with Gasteiger partial charge in [-0.15, -0.1) is 0 Å². The van der Waals surface area contributed by atoms with Gasteiger partial charge in [-0.2, -0.15) is 0 Å². The van der Waals surface area contributed by atoms with Gasteiger partial charge in [-0.05, 0) is 33.2 Å². The normalized spacial score (nSPS) is 30.3. The second-order valence-electron chi connectivity index (χ2n) is 6.20. The number of likely N-dealkylation sites (N-methyl/N-ethyl adjacent to an activating group) is 1. The Labute approximate surface area is 116 Å². The molecule has 19 heavy (non-hydrogen) atoms. The van der Waals surface area contributed by atoms with E-state index in [0.717, 1.165) is 25.9 Å². The SMILES string of the molecule is CNC1(CC(=O)N(C)C2CCOC2C)CCCCC1. The Hall–Kier alpha value is -0.610. The van der Waals surface area contributed by atoms with E-state index in [0.29, 0.717) is 6.42 Å². The second kappa shape index (κ2) is 6.23. The smallest absolute Gasteiger partial charge is 0.224 e. The van der Waals surface area contributed by atoms with Crippen molar-refractivity contribution in [3.05, 3.63) is 0 Å². The van der Waals surface area contributed by atoms with Crippen molar-refractivity contribution >= 4 is 5.91 Å². The van der Waals surface area contributed by atoms with Crippen LogP contribution in [0.3, 0.4) is 0 Å². The molecule has 1 saturated heterocycles. The largest absolute Gasteiger partial charge is 0.376 e. The van der Waals surface area contributed by atoms with E-state index < -0.39 is 0 Å². The highest BCUT2D eigenvalue weighted by atomic mass is 16.5. The quantitative estimate of drug-likeness (QED) is 0.847. The third-order valence-corrected chi connectivity index (χ3v) is 5.06. The van der Waals surface area contributed by atoms with E-state index in [9.17, 15) is 4.79 Å². The number of carbonyl (C=O) groups is 1. The lowest BCUT2D eigenvalue weighted by atomic mass is 9.79. The molecule has 1 amide bonds. The molecule has 1 N–H and O–H groups in total. The summed E-state index contributed by atoms with van der Waals surface area (Å²) in [6.07, 6.45) is 7.80. The van der Waals surface area contributed by atoms with Crippen LogP contribution in [0.25, 0.3) is 0 Å². The van der Waals surface area contributed by atoms with E-state index in [4.69, 9.17) is 4.74 Å². The van der Waals surface area contributed by atoms with E-state index in [1.807, 2.05) is 19.0 Å². The first-order chi connectivity index (χ1) is 9.08. The number of nitrogens with zero attached hydrogens (tertiary/aromatic N) is 1. The lowest BCUT2D eigenvalue weighted by Crippen LogP contribution is -2.50. The van der Waals surface area contributed by atoms with Crippen LogP contribution in [0.1, 0.15) is 51.9 Å². The average Bonchev–Trinajstić information content (AvgIpc) is 2.85. The van der Waals surface area contributed by atoms with Crippen LogP contribution >= 0.6 is 0 Å². The second-order valence-corrected chi connectivity index (χ2v) is 6.20. The molecule has 1 saturated carbocycles. The fraction of sp³-hybridized carbons (Fsp3) is 0.933. The summed E-state index contributed by atoms with van der Waals surface area (Å²) in [5.74, 6) is 0.263. The van der Waals surface area contributed by atoms with E-state index in [-0.39, 0.29) is 23.6 Å². The molecule has 2 unspecified atom stereocenters. The van der Waals surface area contributed by atoms with Crippen LogP contribution in [0.2, 0.25) is 0 Å². The average molecular weight is 268 g/mol. The lowest BCUT2D eigenvalue weighted by Gasteiger charge is -2.38. The minimum Gasteiger partial charge on any atom is -0.376 e. The maximum atomic E-state index is 12.5. The summed E-state index contributed by atoms with van der Waals surface area (Å²) in [6, 6.07) is 0.255. The van der Waals surface area contributed by atoms with Crippen LogP contribution in [0.4, 0.5) is 0 Å². The number of hydrogen-bond acceptors (Lipinski definition) is 3. The topological polar surface area (TPSA) is 41.6 Å². The molecule has 0 aromatic carbocycles. The van der Waals surface area contributed by atoms with E-state index in [1.165, 1.54) is 19.3 Å². The highest BCUT2D eigenvalue weighted by Crippen LogP contribution is 2.32. The molecule has 110 valence electrons. The standard InChI is InChI=1S/C15H28N2O2/c1-12-13(7-10-19-12)17(3)14(18)11-15(16-2)8-5-4-6-9-15/h12-13,16H,4-11H2,1-3H3. The van der Waals surface area contributed by atoms with Gasteiger partial charge in [-0.1, -0.05) is 19.3 Å². The molecule has 2 fully saturated rings. The van der Waals surface area contributed by atoms with Crippen molar-refractivity contribution in [1.29, 1.82) is 0 Å². The Morgan fingerprint density at radius 3 is 2.58 bits per heavy atom. The molecular weight excluding hydrogens is 240 g/mol. The molecular formula is C15H28N2O2. The molecule has 2 aliphatic rings. The molecule has 2 atom stereocenters. The first kappa shape index (κ1) is 14.8. The molecule has 1 heterocycles. The van der Waals surface area contributed by atoms with Crippen molar-refractivity contribution in [2.45, 2.75) is 69.6 Å². The monoisotopic (exact) mass is 268 g/mol. The molecule has 1 aliphatic heterocycles. The molecule has 0 spiro atoms. The van der Waals surface area contributed by atoms with Crippen molar-refractivity contribution in [2.75, 3.05) is 20.7 Å². The molecule has 0 bridgehead atoms. The van der Waals surface area contributed by atoms with Gasteiger partial charge in [0.1, 0.15) is 0 Å². The van der Waals surface area contributed by atoms with Crippen molar-refractivity contribution in [2.24, 2.45) is 0 Å². The number of ether oxygens (including phenoxy) is 1. The predicted molar refractivity (Wildman–Crippen MR) is 76.1 cm³/mol. The maximum absolute atomic E-state index is 12.5. The Bertz CT molecular complexity index is 313. The molecule has 1 aliphatic carbocycles. The zero-order valence-corrected chi connectivity index (χ0v) is 12.6. The summed E-state index contributed by atoms with van der Waals surface area (Å²) in [6.45, 7) is 2.84. The van der Waals surface area contributed by atoms with Gasteiger partial charge in [0.25, 0.3) is 0 Å². The Morgan fingerprint density at radius 1 is 1.37 bits per heavy atom. The fourth-order valence-corrected chi connectivity index (χ4v) is 3.57. The molecule has 4 nitrogen and oxygen atoms in total. The van der Waals surface area contributed by atoms with Gasteiger partial charge in [-0.3, -0.25) is 4.79 Å². The van der Waals surface area contributed by atoms with Crippen LogP contribution in [-0.2, 0) is 9.53 Å². The van der Waals surface area contributed by atoms with Crippen LogP contribution in [0.5, 0.6) is 0 Å². The molecule has 2 rings (SSSR count). The summed E-state index contributed by atoms with van der Waals surface area (Å²) in [4.78, 5) is 14.5. The Morgan fingerprint density at radius 2 is 2.05 bits per heavy atom. The number of amides is 1. The summed E-state index contributed by atoms with van der Waals surface area (Å²) < 4.78 is 5.57. The minimum atomic E-state index is 0.0340. The van der Waals surface area contributed by atoms with Crippen LogP contribution in [0.15, 0.2) is 0 Å². The van der Waals surface area contributed by atoms with Crippen LogP contribution < -0.4 is 5.32 Å². The molecule has 0 aromatic heterocycles. The third-order valence-electron chi connectivity index (χ3n) is 5.06. The number of carbonyl (C=O) groups excluding carboxylic acids is 1. The van der Waals surface area contributed by atoms with Crippen molar-refractivity contribution in [3.63, 3.8) is 0 Å². The first-order valence-electron chi connectivity index (χ1n) is 7.64. The highest BCUT2D eigenvalue weighted by Gasteiger charge is 2.36. The lowest BCUT2D eigenvalue weighted by molar-refractivity contribution is -0.134. The van der Waals surface area contributed by atoms with Crippen LogP contribution in [-0.4, -0.2) is 49.2 Å². The third kappa shape index (κ3) is 3.29. The Balaban J connectivity index is 1.95. The van der Waals surface area contributed by atoms with Crippen LogP contribution in [0, 0.1) is 0 Å². The van der Waals surface area contributed by atoms with E-state index in [2.05, 4.69) is 12.2 Å². The molecule has 0 aromatic rings. The predicted octanol–water partition coefficient (Wildman–Crippen LogP) is 1.93. The van der Waals surface area contributed by atoms with Crippen molar-refractivity contribution < 1.29 is 9.53 Å². The number of hydrogen-bond donors (Lipinski definition) is 1. The van der Waals surface area contributed by atoms with Gasteiger partial charge in [0.05, 0.1) is 12.1 Å². The van der Waals surface area contributed by atoms with E-state index in [1.54, 1.807) is 0 Å². The van der Waals surface area contributed by atoms with Gasteiger partial charge >= 0.3 is 0 Å². The minimum absolute atomic E-state index is 0.0340. The summed E-state index contributed by atoms with van der Waals surface area (Å²) in [5, 5.41) is 3.43. The van der Waals surface area contributed by atoms with E-state index >= 15 is 0 Å². The molecule has 0 radical (unpaired) electrons. The molecule has 4 heteroatoms. The summed E-state index contributed by atoms with van der Waals surface area (Å²) in [7, 11) is 3.93.